The van der Waals surface area contributed by atoms with Gasteiger partial charge in [0.1, 0.15) is 18.2 Å². The van der Waals surface area contributed by atoms with Crippen LogP contribution in [0.2, 0.25) is 0 Å². The Morgan fingerprint density at radius 2 is 2.21 bits per heavy atom. The lowest BCUT2D eigenvalue weighted by Crippen LogP contribution is -2.18. The molecule has 0 spiro atoms. The molecule has 1 aromatic rings. The third kappa shape index (κ3) is 3.56. The van der Waals surface area contributed by atoms with Gasteiger partial charge in [-0.2, -0.15) is 4.98 Å². The molecule has 5 nitrogen and oxygen atoms in total. The van der Waals surface area contributed by atoms with E-state index in [0.29, 0.717) is 12.5 Å². The first-order chi connectivity index (χ1) is 9.24. The molecule has 1 atom stereocenters. The Kier molecular flexibility index (Phi) is 4.96. The Morgan fingerprint density at radius 1 is 1.37 bits per heavy atom. The number of ether oxygens (including phenoxy) is 2. The van der Waals surface area contributed by atoms with E-state index in [1.807, 2.05) is 13.8 Å². The first kappa shape index (κ1) is 14.1. The van der Waals surface area contributed by atoms with Crippen molar-refractivity contribution in [3.05, 3.63) is 11.4 Å². The fourth-order valence-electron chi connectivity index (χ4n) is 2.13. The molecule has 106 valence electrons. The first-order valence-corrected chi connectivity index (χ1v) is 7.10. The molecule has 19 heavy (non-hydrogen) atoms. The highest BCUT2D eigenvalue weighted by Crippen LogP contribution is 2.23. The lowest BCUT2D eigenvalue weighted by molar-refractivity contribution is 0.0659. The summed E-state index contributed by atoms with van der Waals surface area (Å²) in [5.74, 6) is 2.36. The van der Waals surface area contributed by atoms with Crippen LogP contribution in [-0.2, 0) is 11.2 Å². The molecule has 0 saturated carbocycles. The predicted molar refractivity (Wildman–Crippen MR) is 74.8 cm³/mol. The van der Waals surface area contributed by atoms with Gasteiger partial charge in [0.25, 0.3) is 0 Å². The summed E-state index contributed by atoms with van der Waals surface area (Å²) < 4.78 is 11.4. The molecule has 0 aliphatic carbocycles. The molecule has 0 radical (unpaired) electrons. The molecule has 1 aliphatic heterocycles. The van der Waals surface area contributed by atoms with Crippen molar-refractivity contribution in [2.75, 3.05) is 25.1 Å². The lowest BCUT2D eigenvalue weighted by atomic mass is 10.2. The van der Waals surface area contributed by atoms with E-state index in [9.17, 15) is 0 Å². The van der Waals surface area contributed by atoms with Crippen molar-refractivity contribution in [3.63, 3.8) is 0 Å². The highest BCUT2D eigenvalue weighted by Gasteiger charge is 2.18. The van der Waals surface area contributed by atoms with Crippen molar-refractivity contribution >= 4 is 5.82 Å². The molecule has 1 fully saturated rings. The summed E-state index contributed by atoms with van der Waals surface area (Å²) in [6.45, 7) is 8.35. The number of hydrogen-bond acceptors (Lipinski definition) is 5. The Balaban J connectivity index is 2.10. The van der Waals surface area contributed by atoms with E-state index in [4.69, 9.17) is 9.47 Å². The van der Waals surface area contributed by atoms with Gasteiger partial charge in [-0.1, -0.05) is 6.92 Å². The van der Waals surface area contributed by atoms with E-state index in [1.165, 1.54) is 0 Å². The maximum absolute atomic E-state index is 5.83. The second kappa shape index (κ2) is 6.70. The summed E-state index contributed by atoms with van der Waals surface area (Å²) in [6.07, 6.45) is 3.21. The summed E-state index contributed by atoms with van der Waals surface area (Å²) in [7, 11) is 0. The third-order valence-corrected chi connectivity index (χ3v) is 3.24. The SMILES string of the molecule is CCNc1nc(CC)nc(OCC2CCCO2)c1C. The number of nitrogens with one attached hydrogen (secondary N) is 1. The molecule has 1 saturated heterocycles. The molecular formula is C14H23N3O2. The van der Waals surface area contributed by atoms with Crippen molar-refractivity contribution in [1.29, 1.82) is 0 Å². The average Bonchev–Trinajstić information content (AvgIpc) is 2.93. The standard InChI is InChI=1S/C14H23N3O2/c1-4-12-16-13(15-5-2)10(3)14(17-12)19-9-11-7-6-8-18-11/h11H,4-9H2,1-3H3,(H,15,16,17). The van der Waals surface area contributed by atoms with Gasteiger partial charge in [-0.25, -0.2) is 4.98 Å². The maximum atomic E-state index is 5.83. The number of anilines is 1. The largest absolute Gasteiger partial charge is 0.475 e. The zero-order valence-electron chi connectivity index (χ0n) is 12.0. The number of aryl methyl sites for hydroxylation is 1. The molecule has 1 aliphatic rings. The van der Waals surface area contributed by atoms with E-state index >= 15 is 0 Å². The second-order valence-corrected chi connectivity index (χ2v) is 4.75. The average molecular weight is 265 g/mol. The molecular weight excluding hydrogens is 242 g/mol. The van der Waals surface area contributed by atoms with Crippen LogP contribution in [0.5, 0.6) is 5.88 Å². The van der Waals surface area contributed by atoms with Gasteiger partial charge < -0.3 is 14.8 Å². The minimum absolute atomic E-state index is 0.210. The van der Waals surface area contributed by atoms with Gasteiger partial charge in [0.2, 0.25) is 5.88 Å². The summed E-state index contributed by atoms with van der Waals surface area (Å²) >= 11 is 0. The molecule has 2 rings (SSSR count). The molecule has 0 amide bonds. The van der Waals surface area contributed by atoms with Crippen LogP contribution in [0.1, 0.15) is 38.1 Å². The molecule has 1 aromatic heterocycles. The zero-order chi connectivity index (χ0) is 13.7. The van der Waals surface area contributed by atoms with E-state index in [0.717, 1.165) is 49.6 Å². The van der Waals surface area contributed by atoms with Gasteiger partial charge in [0.15, 0.2) is 0 Å². The van der Waals surface area contributed by atoms with E-state index < -0.39 is 0 Å². The molecule has 0 aromatic carbocycles. The molecule has 0 bridgehead atoms. The minimum atomic E-state index is 0.210. The van der Waals surface area contributed by atoms with Crippen molar-refractivity contribution in [1.82, 2.24) is 9.97 Å². The third-order valence-electron chi connectivity index (χ3n) is 3.24. The molecule has 2 heterocycles. The highest BCUT2D eigenvalue weighted by molar-refractivity contribution is 5.48. The Labute approximate surface area is 114 Å². The van der Waals surface area contributed by atoms with Gasteiger partial charge >= 0.3 is 0 Å². The first-order valence-electron chi connectivity index (χ1n) is 7.10. The lowest BCUT2D eigenvalue weighted by Gasteiger charge is -2.15. The van der Waals surface area contributed by atoms with Gasteiger partial charge in [-0.05, 0) is 26.7 Å². The van der Waals surface area contributed by atoms with Crippen LogP contribution in [0.3, 0.4) is 0 Å². The summed E-state index contributed by atoms with van der Waals surface area (Å²) in [6, 6.07) is 0. The number of nitrogens with zero attached hydrogens (tertiary/aromatic N) is 2. The number of hydrogen-bond donors (Lipinski definition) is 1. The zero-order valence-corrected chi connectivity index (χ0v) is 12.0. The van der Waals surface area contributed by atoms with Crippen LogP contribution < -0.4 is 10.1 Å². The number of aromatic nitrogens is 2. The van der Waals surface area contributed by atoms with Crippen molar-refractivity contribution in [2.45, 2.75) is 46.1 Å². The smallest absolute Gasteiger partial charge is 0.221 e. The van der Waals surface area contributed by atoms with Crippen molar-refractivity contribution in [3.8, 4) is 5.88 Å². The maximum Gasteiger partial charge on any atom is 0.221 e. The quantitative estimate of drug-likeness (QED) is 0.855. The molecule has 5 heteroatoms. The van der Waals surface area contributed by atoms with E-state index in [-0.39, 0.29) is 6.10 Å². The topological polar surface area (TPSA) is 56.3 Å². The van der Waals surface area contributed by atoms with Crippen LogP contribution in [-0.4, -0.2) is 35.8 Å². The second-order valence-electron chi connectivity index (χ2n) is 4.75. The van der Waals surface area contributed by atoms with Gasteiger partial charge in [-0.3, -0.25) is 0 Å². The molecule has 1 unspecified atom stereocenters. The van der Waals surface area contributed by atoms with E-state index in [1.54, 1.807) is 0 Å². The monoisotopic (exact) mass is 265 g/mol. The van der Waals surface area contributed by atoms with Crippen molar-refractivity contribution < 1.29 is 9.47 Å². The fourth-order valence-corrected chi connectivity index (χ4v) is 2.13. The molecule has 1 N–H and O–H groups in total. The summed E-state index contributed by atoms with van der Waals surface area (Å²) in [5.41, 5.74) is 0.969. The van der Waals surface area contributed by atoms with Crippen LogP contribution in [0.15, 0.2) is 0 Å². The van der Waals surface area contributed by atoms with Crippen LogP contribution in [0.4, 0.5) is 5.82 Å². The van der Waals surface area contributed by atoms with Crippen LogP contribution in [0.25, 0.3) is 0 Å². The van der Waals surface area contributed by atoms with Crippen molar-refractivity contribution in [2.24, 2.45) is 0 Å². The Bertz CT molecular complexity index is 417. The minimum Gasteiger partial charge on any atom is -0.475 e. The van der Waals surface area contributed by atoms with Crippen LogP contribution in [0, 0.1) is 6.92 Å². The summed E-state index contributed by atoms with van der Waals surface area (Å²) in [4.78, 5) is 8.95. The normalized spacial score (nSPS) is 18.6. The fraction of sp³-hybridized carbons (Fsp3) is 0.714. The number of rotatable bonds is 6. The van der Waals surface area contributed by atoms with Crippen LogP contribution >= 0.6 is 0 Å². The predicted octanol–water partition coefficient (Wildman–Crippen LogP) is 2.34. The summed E-state index contributed by atoms with van der Waals surface area (Å²) in [5, 5.41) is 3.26. The Hall–Kier alpha value is -1.36. The van der Waals surface area contributed by atoms with E-state index in [2.05, 4.69) is 22.2 Å². The van der Waals surface area contributed by atoms with Gasteiger partial charge in [0, 0.05) is 19.6 Å². The van der Waals surface area contributed by atoms with Gasteiger partial charge in [-0.15, -0.1) is 0 Å². The van der Waals surface area contributed by atoms with Gasteiger partial charge in [0.05, 0.1) is 11.7 Å². The Morgan fingerprint density at radius 3 is 2.84 bits per heavy atom. The highest BCUT2D eigenvalue weighted by atomic mass is 16.5.